The summed E-state index contributed by atoms with van der Waals surface area (Å²) >= 11 is 0. The molecule has 0 bridgehead atoms. The number of anilines is 1. The van der Waals surface area contributed by atoms with Crippen molar-refractivity contribution in [2.24, 2.45) is 0 Å². The second-order valence-electron chi connectivity index (χ2n) is 6.37. The summed E-state index contributed by atoms with van der Waals surface area (Å²) in [5, 5.41) is 4.41. The van der Waals surface area contributed by atoms with Crippen molar-refractivity contribution in [3.63, 3.8) is 0 Å². The lowest BCUT2D eigenvalue weighted by molar-refractivity contribution is 0.0429. The third kappa shape index (κ3) is 4.37. The first-order chi connectivity index (χ1) is 12.7. The maximum absolute atomic E-state index is 10.9. The lowest BCUT2D eigenvalue weighted by Gasteiger charge is -2.29. The molecule has 0 radical (unpaired) electrons. The lowest BCUT2D eigenvalue weighted by atomic mass is 9.99. The molecule has 4 nitrogen and oxygen atoms in total. The minimum atomic E-state index is -0.340. The van der Waals surface area contributed by atoms with E-state index in [2.05, 4.69) is 22.4 Å². The number of ether oxygens (including phenoxy) is 1. The predicted octanol–water partition coefficient (Wildman–Crippen LogP) is 4.40. The number of rotatable bonds is 2. The molecule has 4 heteroatoms. The number of fused-ring (bicyclic) bond motifs is 2. The number of nitrogens with zero attached hydrogens (tertiary/aromatic N) is 1. The molecule has 4 rings (SSSR count). The maximum atomic E-state index is 10.9. The van der Waals surface area contributed by atoms with Crippen LogP contribution < -0.4 is 5.32 Å². The standard InChI is InChI=1S/C13H15NO2.C9H7N/c1-9(2)16-13-11(8-15)7-10-5-3-4-6-12(10)14-13;1-2-6-9-8(4-1)5-3-7-10-9/h3-6,9,13-14H,7H2,1-2H3;1-7H. The van der Waals surface area contributed by atoms with Crippen molar-refractivity contribution in [2.75, 3.05) is 5.32 Å². The largest absolute Gasteiger partial charge is 0.356 e. The Bertz CT molecular complexity index is 865. The first kappa shape index (κ1) is 17.9. The molecule has 1 unspecified atom stereocenters. The van der Waals surface area contributed by atoms with Crippen LogP contribution in [-0.4, -0.2) is 23.3 Å². The zero-order valence-corrected chi connectivity index (χ0v) is 15.0. The van der Waals surface area contributed by atoms with Crippen molar-refractivity contribution in [1.82, 2.24) is 4.98 Å². The molecule has 0 fully saturated rings. The molecule has 0 amide bonds. The normalized spacial score (nSPS) is 15.5. The van der Waals surface area contributed by atoms with Gasteiger partial charge >= 0.3 is 0 Å². The SMILES string of the molecule is CC(C)OC1Nc2ccccc2CC1=C=O.c1ccc2ncccc2c1. The summed E-state index contributed by atoms with van der Waals surface area (Å²) in [6, 6.07) is 20.0. The fourth-order valence-electron chi connectivity index (χ4n) is 2.84. The van der Waals surface area contributed by atoms with Crippen LogP contribution in [0.3, 0.4) is 0 Å². The van der Waals surface area contributed by atoms with Gasteiger partial charge in [0.2, 0.25) is 0 Å². The minimum absolute atomic E-state index is 0.0751. The van der Waals surface area contributed by atoms with E-state index < -0.39 is 0 Å². The van der Waals surface area contributed by atoms with Crippen molar-refractivity contribution in [3.8, 4) is 0 Å². The Morgan fingerprint density at radius 2 is 1.81 bits per heavy atom. The molecule has 0 saturated heterocycles. The van der Waals surface area contributed by atoms with Crippen molar-refractivity contribution < 1.29 is 9.53 Å². The number of carbonyl (C=O) groups excluding carboxylic acids is 1. The smallest absolute Gasteiger partial charge is 0.161 e. The summed E-state index contributed by atoms with van der Waals surface area (Å²) in [7, 11) is 0. The molecule has 132 valence electrons. The molecule has 0 aliphatic carbocycles. The monoisotopic (exact) mass is 346 g/mol. The van der Waals surface area contributed by atoms with Crippen LogP contribution in [0.2, 0.25) is 0 Å². The fraction of sp³-hybridized carbons (Fsp3) is 0.227. The number of benzene rings is 2. The van der Waals surface area contributed by atoms with Gasteiger partial charge in [0.25, 0.3) is 0 Å². The van der Waals surface area contributed by atoms with Gasteiger partial charge < -0.3 is 10.1 Å². The molecule has 1 aliphatic rings. The Kier molecular flexibility index (Phi) is 5.80. The third-order valence-electron chi connectivity index (χ3n) is 4.05. The van der Waals surface area contributed by atoms with Crippen molar-refractivity contribution >= 4 is 22.5 Å². The Balaban J connectivity index is 0.000000167. The first-order valence-corrected chi connectivity index (χ1v) is 8.71. The average Bonchev–Trinajstić information content (AvgIpc) is 2.67. The van der Waals surface area contributed by atoms with E-state index in [4.69, 9.17) is 4.74 Å². The van der Waals surface area contributed by atoms with Gasteiger partial charge in [-0.15, -0.1) is 0 Å². The highest BCUT2D eigenvalue weighted by Gasteiger charge is 2.24. The molecule has 26 heavy (non-hydrogen) atoms. The van der Waals surface area contributed by atoms with Crippen LogP contribution in [0.1, 0.15) is 19.4 Å². The van der Waals surface area contributed by atoms with Crippen LogP contribution in [-0.2, 0) is 16.0 Å². The Morgan fingerprint density at radius 1 is 1.08 bits per heavy atom. The molecule has 0 spiro atoms. The molecular weight excluding hydrogens is 324 g/mol. The van der Waals surface area contributed by atoms with Gasteiger partial charge in [-0.1, -0.05) is 42.5 Å². The van der Waals surface area contributed by atoms with E-state index in [0.29, 0.717) is 12.0 Å². The Hall–Kier alpha value is -2.94. The number of hydrogen-bond donors (Lipinski definition) is 1. The van der Waals surface area contributed by atoms with Gasteiger partial charge in [-0.05, 0) is 37.6 Å². The average molecular weight is 346 g/mol. The van der Waals surface area contributed by atoms with Crippen LogP contribution in [0.4, 0.5) is 5.69 Å². The van der Waals surface area contributed by atoms with Gasteiger partial charge in [0.1, 0.15) is 5.94 Å². The molecule has 2 aromatic carbocycles. The summed E-state index contributed by atoms with van der Waals surface area (Å²) in [6.45, 7) is 3.90. The summed E-state index contributed by atoms with van der Waals surface area (Å²) < 4.78 is 5.64. The minimum Gasteiger partial charge on any atom is -0.356 e. The van der Waals surface area contributed by atoms with Gasteiger partial charge in [0.15, 0.2) is 6.23 Å². The van der Waals surface area contributed by atoms with Crippen molar-refractivity contribution in [1.29, 1.82) is 0 Å². The van der Waals surface area contributed by atoms with E-state index in [1.165, 1.54) is 5.39 Å². The second-order valence-corrected chi connectivity index (χ2v) is 6.37. The van der Waals surface area contributed by atoms with E-state index in [9.17, 15) is 4.79 Å². The maximum Gasteiger partial charge on any atom is 0.161 e. The summed E-state index contributed by atoms with van der Waals surface area (Å²) in [5.74, 6) is 1.98. The molecule has 1 aromatic heterocycles. The quantitative estimate of drug-likeness (QED) is 0.699. The summed E-state index contributed by atoms with van der Waals surface area (Å²) in [6.07, 6.45) is 2.16. The van der Waals surface area contributed by atoms with E-state index in [1.807, 2.05) is 74.5 Å². The topological polar surface area (TPSA) is 51.2 Å². The number of pyridine rings is 1. The van der Waals surface area contributed by atoms with Crippen LogP contribution >= 0.6 is 0 Å². The molecule has 1 aliphatic heterocycles. The molecular formula is C22H22N2O2. The van der Waals surface area contributed by atoms with E-state index in [1.54, 1.807) is 0 Å². The number of hydrogen-bond acceptors (Lipinski definition) is 4. The number of para-hydroxylation sites is 2. The summed E-state index contributed by atoms with van der Waals surface area (Å²) in [4.78, 5) is 15.1. The van der Waals surface area contributed by atoms with Gasteiger partial charge in [-0.25, -0.2) is 4.79 Å². The third-order valence-corrected chi connectivity index (χ3v) is 4.05. The van der Waals surface area contributed by atoms with E-state index in [0.717, 1.165) is 16.8 Å². The molecule has 1 atom stereocenters. The Morgan fingerprint density at radius 3 is 2.58 bits per heavy atom. The van der Waals surface area contributed by atoms with Crippen molar-refractivity contribution in [2.45, 2.75) is 32.6 Å². The highest BCUT2D eigenvalue weighted by Crippen LogP contribution is 2.27. The Labute approximate surface area is 153 Å². The molecule has 1 N–H and O–H groups in total. The van der Waals surface area contributed by atoms with Gasteiger partial charge in [0.05, 0.1) is 17.2 Å². The highest BCUT2D eigenvalue weighted by atomic mass is 16.5. The van der Waals surface area contributed by atoms with Crippen LogP contribution in [0, 0.1) is 0 Å². The first-order valence-electron chi connectivity index (χ1n) is 8.71. The van der Waals surface area contributed by atoms with Gasteiger partial charge in [-0.3, -0.25) is 4.98 Å². The summed E-state index contributed by atoms with van der Waals surface area (Å²) in [5.41, 5.74) is 3.84. The molecule has 2 heterocycles. The number of aromatic nitrogens is 1. The highest BCUT2D eigenvalue weighted by molar-refractivity contribution is 5.77. The molecule has 3 aromatic rings. The second kappa shape index (κ2) is 8.43. The van der Waals surface area contributed by atoms with E-state index in [-0.39, 0.29) is 12.3 Å². The number of nitrogens with one attached hydrogen (secondary N) is 1. The zero-order chi connectivity index (χ0) is 18.4. The van der Waals surface area contributed by atoms with Crippen LogP contribution in [0.5, 0.6) is 0 Å². The van der Waals surface area contributed by atoms with Crippen LogP contribution in [0.25, 0.3) is 10.9 Å². The predicted molar refractivity (Wildman–Crippen MR) is 105 cm³/mol. The van der Waals surface area contributed by atoms with Gasteiger partial charge in [-0.2, -0.15) is 0 Å². The fourth-order valence-corrected chi connectivity index (χ4v) is 2.84. The van der Waals surface area contributed by atoms with Crippen molar-refractivity contribution in [3.05, 3.63) is 78.0 Å². The van der Waals surface area contributed by atoms with Crippen LogP contribution in [0.15, 0.2) is 72.4 Å². The van der Waals surface area contributed by atoms with Gasteiger partial charge in [0, 0.05) is 23.7 Å². The zero-order valence-electron chi connectivity index (χ0n) is 15.0. The lowest BCUT2D eigenvalue weighted by Crippen LogP contribution is -2.33. The van der Waals surface area contributed by atoms with E-state index >= 15 is 0 Å². The molecule has 0 saturated carbocycles.